The molecule has 2 N–H and O–H groups in total. The minimum Gasteiger partial charge on any atom is -0.480 e. The molecule has 0 fully saturated rings. The lowest BCUT2D eigenvalue weighted by atomic mass is 9.96. The standard InChI is InChI=1S/C15H33N3O2/c1-7-18(11-8-10-17(5)6)12-9-15(4,14(19)20)16-13(2)3/h13,16H,7-12H2,1-6H3,(H,19,20). The first kappa shape index (κ1) is 19.4. The summed E-state index contributed by atoms with van der Waals surface area (Å²) in [6.45, 7) is 11.7. The minimum absolute atomic E-state index is 0.167. The highest BCUT2D eigenvalue weighted by Crippen LogP contribution is 2.13. The molecular formula is C15H33N3O2. The molecule has 0 aromatic carbocycles. The number of carboxylic acids is 1. The number of carboxylic acid groups (broad SMARTS) is 1. The quantitative estimate of drug-likeness (QED) is 0.603. The van der Waals surface area contributed by atoms with E-state index in [0.717, 1.165) is 32.6 Å². The van der Waals surface area contributed by atoms with Gasteiger partial charge in [0.05, 0.1) is 0 Å². The first-order chi connectivity index (χ1) is 9.21. The van der Waals surface area contributed by atoms with Gasteiger partial charge in [-0.25, -0.2) is 0 Å². The first-order valence-corrected chi connectivity index (χ1v) is 7.59. The third-order valence-electron chi connectivity index (χ3n) is 3.53. The Morgan fingerprint density at radius 2 is 1.85 bits per heavy atom. The Morgan fingerprint density at radius 3 is 2.25 bits per heavy atom. The molecule has 0 aromatic rings. The zero-order chi connectivity index (χ0) is 15.8. The monoisotopic (exact) mass is 287 g/mol. The summed E-state index contributed by atoms with van der Waals surface area (Å²) >= 11 is 0. The summed E-state index contributed by atoms with van der Waals surface area (Å²) in [6.07, 6.45) is 1.73. The van der Waals surface area contributed by atoms with Crippen LogP contribution in [0.25, 0.3) is 0 Å². The van der Waals surface area contributed by atoms with Crippen LogP contribution in [0.2, 0.25) is 0 Å². The van der Waals surface area contributed by atoms with Crippen LogP contribution < -0.4 is 5.32 Å². The highest BCUT2D eigenvalue weighted by atomic mass is 16.4. The van der Waals surface area contributed by atoms with Crippen LogP contribution in [0.5, 0.6) is 0 Å². The zero-order valence-electron chi connectivity index (χ0n) is 14.1. The fourth-order valence-electron chi connectivity index (χ4n) is 2.30. The largest absolute Gasteiger partial charge is 0.480 e. The van der Waals surface area contributed by atoms with Crippen molar-refractivity contribution in [3.8, 4) is 0 Å². The number of carbonyl (C=O) groups is 1. The van der Waals surface area contributed by atoms with Gasteiger partial charge in [-0.1, -0.05) is 6.92 Å². The van der Waals surface area contributed by atoms with Gasteiger partial charge in [0.25, 0.3) is 0 Å². The van der Waals surface area contributed by atoms with Crippen LogP contribution in [-0.2, 0) is 4.79 Å². The molecule has 5 heteroatoms. The van der Waals surface area contributed by atoms with E-state index in [0.29, 0.717) is 6.42 Å². The fraction of sp³-hybridized carbons (Fsp3) is 0.933. The topological polar surface area (TPSA) is 55.8 Å². The van der Waals surface area contributed by atoms with E-state index in [1.807, 2.05) is 13.8 Å². The Kier molecular flexibility index (Phi) is 9.01. The summed E-state index contributed by atoms with van der Waals surface area (Å²) in [5.74, 6) is -0.768. The predicted octanol–water partition coefficient (Wildman–Crippen LogP) is 1.49. The van der Waals surface area contributed by atoms with E-state index in [-0.39, 0.29) is 6.04 Å². The van der Waals surface area contributed by atoms with Crippen molar-refractivity contribution in [1.82, 2.24) is 15.1 Å². The molecule has 0 aliphatic heterocycles. The molecule has 0 saturated heterocycles. The SMILES string of the molecule is CCN(CCCN(C)C)CCC(C)(NC(C)C)C(=O)O. The summed E-state index contributed by atoms with van der Waals surface area (Å²) in [5, 5.41) is 12.6. The number of rotatable bonds is 11. The van der Waals surface area contributed by atoms with Crippen molar-refractivity contribution in [2.24, 2.45) is 0 Å². The van der Waals surface area contributed by atoms with E-state index in [4.69, 9.17) is 0 Å². The van der Waals surface area contributed by atoms with Crippen molar-refractivity contribution in [2.75, 3.05) is 40.3 Å². The molecule has 0 amide bonds. The van der Waals surface area contributed by atoms with Gasteiger partial charge in [0.2, 0.25) is 0 Å². The van der Waals surface area contributed by atoms with E-state index in [1.165, 1.54) is 0 Å². The van der Waals surface area contributed by atoms with E-state index in [9.17, 15) is 9.90 Å². The third kappa shape index (κ3) is 7.82. The number of nitrogens with one attached hydrogen (secondary N) is 1. The van der Waals surface area contributed by atoms with Crippen LogP contribution in [0.1, 0.15) is 40.5 Å². The zero-order valence-corrected chi connectivity index (χ0v) is 14.1. The van der Waals surface area contributed by atoms with Crippen LogP contribution >= 0.6 is 0 Å². The first-order valence-electron chi connectivity index (χ1n) is 7.59. The van der Waals surface area contributed by atoms with Gasteiger partial charge in [0, 0.05) is 12.6 Å². The summed E-state index contributed by atoms with van der Waals surface area (Å²) in [4.78, 5) is 16.0. The second-order valence-electron chi connectivity index (χ2n) is 6.28. The molecule has 0 heterocycles. The Hall–Kier alpha value is -0.650. The lowest BCUT2D eigenvalue weighted by molar-refractivity contribution is -0.145. The van der Waals surface area contributed by atoms with Gasteiger partial charge >= 0.3 is 5.97 Å². The highest BCUT2D eigenvalue weighted by Gasteiger charge is 2.33. The maximum atomic E-state index is 11.5. The number of aliphatic carboxylic acids is 1. The Balaban J connectivity index is 4.32. The lowest BCUT2D eigenvalue weighted by Crippen LogP contribution is -2.54. The molecule has 0 saturated carbocycles. The summed E-state index contributed by atoms with van der Waals surface area (Å²) in [6, 6.07) is 0.167. The summed E-state index contributed by atoms with van der Waals surface area (Å²) in [7, 11) is 4.15. The van der Waals surface area contributed by atoms with Crippen molar-refractivity contribution in [2.45, 2.75) is 52.1 Å². The summed E-state index contributed by atoms with van der Waals surface area (Å²) < 4.78 is 0. The number of hydrogen-bond donors (Lipinski definition) is 2. The second-order valence-corrected chi connectivity index (χ2v) is 6.28. The van der Waals surface area contributed by atoms with Gasteiger partial charge in [-0.3, -0.25) is 10.1 Å². The van der Waals surface area contributed by atoms with E-state index >= 15 is 0 Å². The average molecular weight is 287 g/mol. The molecule has 1 unspecified atom stereocenters. The van der Waals surface area contributed by atoms with Crippen molar-refractivity contribution in [3.05, 3.63) is 0 Å². The maximum Gasteiger partial charge on any atom is 0.323 e. The van der Waals surface area contributed by atoms with E-state index in [2.05, 4.69) is 36.1 Å². The molecule has 0 bridgehead atoms. The Bertz CT molecular complexity index is 282. The third-order valence-corrected chi connectivity index (χ3v) is 3.53. The van der Waals surface area contributed by atoms with Crippen LogP contribution in [0.3, 0.4) is 0 Å². The Labute approximate surface area is 124 Å². The lowest BCUT2D eigenvalue weighted by Gasteiger charge is -2.31. The average Bonchev–Trinajstić information content (AvgIpc) is 2.32. The van der Waals surface area contributed by atoms with Gasteiger partial charge in [-0.05, 0) is 67.3 Å². The van der Waals surface area contributed by atoms with E-state index < -0.39 is 11.5 Å². The molecule has 120 valence electrons. The predicted molar refractivity (Wildman–Crippen MR) is 84.2 cm³/mol. The van der Waals surface area contributed by atoms with Gasteiger partial charge in [-0.15, -0.1) is 0 Å². The molecule has 20 heavy (non-hydrogen) atoms. The number of nitrogens with zero attached hydrogens (tertiary/aromatic N) is 2. The highest BCUT2D eigenvalue weighted by molar-refractivity contribution is 5.78. The molecule has 1 atom stereocenters. The molecule has 0 spiro atoms. The van der Waals surface area contributed by atoms with Crippen molar-refractivity contribution in [1.29, 1.82) is 0 Å². The molecule has 0 aromatic heterocycles. The summed E-state index contributed by atoms with van der Waals surface area (Å²) in [5.41, 5.74) is -0.844. The normalized spacial score (nSPS) is 15.1. The van der Waals surface area contributed by atoms with Gasteiger partial charge in [-0.2, -0.15) is 0 Å². The smallest absolute Gasteiger partial charge is 0.323 e. The van der Waals surface area contributed by atoms with Crippen molar-refractivity contribution < 1.29 is 9.90 Å². The van der Waals surface area contributed by atoms with Crippen LogP contribution in [-0.4, -0.2) is 72.7 Å². The van der Waals surface area contributed by atoms with Crippen LogP contribution in [0.15, 0.2) is 0 Å². The fourth-order valence-corrected chi connectivity index (χ4v) is 2.30. The second kappa shape index (κ2) is 9.32. The van der Waals surface area contributed by atoms with Gasteiger partial charge < -0.3 is 14.9 Å². The number of hydrogen-bond acceptors (Lipinski definition) is 4. The van der Waals surface area contributed by atoms with Gasteiger partial charge in [0.1, 0.15) is 5.54 Å². The van der Waals surface area contributed by atoms with Crippen LogP contribution in [0, 0.1) is 0 Å². The molecule has 0 aliphatic rings. The maximum absolute atomic E-state index is 11.5. The van der Waals surface area contributed by atoms with Crippen molar-refractivity contribution >= 4 is 5.97 Å². The molecular weight excluding hydrogens is 254 g/mol. The van der Waals surface area contributed by atoms with Gasteiger partial charge in [0.15, 0.2) is 0 Å². The molecule has 5 nitrogen and oxygen atoms in total. The Morgan fingerprint density at radius 1 is 1.25 bits per heavy atom. The van der Waals surface area contributed by atoms with Crippen LogP contribution in [0.4, 0.5) is 0 Å². The molecule has 0 aliphatic carbocycles. The van der Waals surface area contributed by atoms with Crippen molar-refractivity contribution in [3.63, 3.8) is 0 Å². The molecule has 0 rings (SSSR count). The molecule has 0 radical (unpaired) electrons. The van der Waals surface area contributed by atoms with E-state index in [1.54, 1.807) is 6.92 Å². The minimum atomic E-state index is -0.844.